The van der Waals surface area contributed by atoms with E-state index in [9.17, 15) is 0 Å². The Kier molecular flexibility index (Phi) is 3.45. The Labute approximate surface area is 88.1 Å². The van der Waals surface area contributed by atoms with E-state index < -0.39 is 0 Å². The number of nitrogens with zero attached hydrogens (tertiary/aromatic N) is 1. The van der Waals surface area contributed by atoms with Crippen LogP contribution in [0.25, 0.3) is 0 Å². The molecule has 1 aliphatic heterocycles. The molecular weight excluding hydrogens is 172 g/mol. The van der Waals surface area contributed by atoms with Gasteiger partial charge in [-0.15, -0.1) is 0 Å². The number of hydrogen-bond acceptors (Lipinski definition) is 2. The molecule has 0 spiro atoms. The molecule has 1 heterocycles. The third kappa shape index (κ3) is 3.25. The highest BCUT2D eigenvalue weighted by Gasteiger charge is 2.26. The first-order valence-corrected chi connectivity index (χ1v) is 6.22. The quantitative estimate of drug-likeness (QED) is 0.738. The molecule has 1 aliphatic carbocycles. The van der Waals surface area contributed by atoms with Gasteiger partial charge in [0.2, 0.25) is 0 Å². The Morgan fingerprint density at radius 2 is 1.64 bits per heavy atom. The Morgan fingerprint density at radius 3 is 2.14 bits per heavy atom. The van der Waals surface area contributed by atoms with E-state index in [0.29, 0.717) is 0 Å². The molecule has 14 heavy (non-hydrogen) atoms. The van der Waals surface area contributed by atoms with Crippen LogP contribution in [-0.2, 0) is 0 Å². The molecule has 0 atom stereocenters. The average Bonchev–Trinajstić information content (AvgIpc) is 2.91. The van der Waals surface area contributed by atoms with E-state index in [1.807, 2.05) is 0 Å². The van der Waals surface area contributed by atoms with Gasteiger partial charge in [-0.1, -0.05) is 13.8 Å². The fraction of sp³-hybridized carbons (Fsp3) is 1.00. The number of rotatable bonds is 4. The van der Waals surface area contributed by atoms with Crippen LogP contribution < -0.4 is 5.32 Å². The molecule has 1 saturated carbocycles. The topological polar surface area (TPSA) is 15.3 Å². The number of piperidine rings is 1. The zero-order valence-corrected chi connectivity index (χ0v) is 9.63. The summed E-state index contributed by atoms with van der Waals surface area (Å²) in [5.41, 5.74) is 0. The molecule has 0 amide bonds. The van der Waals surface area contributed by atoms with E-state index >= 15 is 0 Å². The van der Waals surface area contributed by atoms with Crippen LogP contribution in [0.15, 0.2) is 0 Å². The normalized spacial score (nSPS) is 25.9. The smallest absolute Gasteiger partial charge is 0.00940 e. The predicted octanol–water partition coefficient (Wildman–Crippen LogP) is 1.86. The van der Waals surface area contributed by atoms with E-state index in [1.165, 1.54) is 45.3 Å². The van der Waals surface area contributed by atoms with Crippen molar-refractivity contribution in [2.45, 2.75) is 51.6 Å². The molecule has 0 aromatic heterocycles. The molecule has 0 radical (unpaired) electrons. The first kappa shape index (κ1) is 10.4. The standard InChI is InChI=1S/C12H24N2/c1-10(2)9-14-7-5-12(6-8-14)13-11-3-4-11/h10-13H,3-9H2,1-2H3. The lowest BCUT2D eigenvalue weighted by atomic mass is 10.0. The van der Waals surface area contributed by atoms with E-state index in [-0.39, 0.29) is 0 Å². The second-order valence-electron chi connectivity index (χ2n) is 5.41. The molecule has 0 aromatic rings. The zero-order valence-electron chi connectivity index (χ0n) is 9.63. The van der Waals surface area contributed by atoms with Gasteiger partial charge in [0, 0.05) is 18.6 Å². The summed E-state index contributed by atoms with van der Waals surface area (Å²) in [6, 6.07) is 1.71. The van der Waals surface area contributed by atoms with Crippen LogP contribution in [0, 0.1) is 5.92 Å². The second kappa shape index (κ2) is 4.63. The van der Waals surface area contributed by atoms with Crippen LogP contribution in [0.2, 0.25) is 0 Å². The number of likely N-dealkylation sites (tertiary alicyclic amines) is 1. The van der Waals surface area contributed by atoms with Gasteiger partial charge in [-0.25, -0.2) is 0 Å². The van der Waals surface area contributed by atoms with Crippen LogP contribution in [0.1, 0.15) is 39.5 Å². The lowest BCUT2D eigenvalue weighted by molar-refractivity contribution is 0.179. The lowest BCUT2D eigenvalue weighted by Gasteiger charge is -2.33. The van der Waals surface area contributed by atoms with Crippen LogP contribution >= 0.6 is 0 Å². The van der Waals surface area contributed by atoms with Crippen LogP contribution in [0.4, 0.5) is 0 Å². The highest BCUT2D eigenvalue weighted by molar-refractivity contribution is 4.87. The molecule has 0 unspecified atom stereocenters. The van der Waals surface area contributed by atoms with Gasteiger partial charge < -0.3 is 10.2 Å². The number of hydrogen-bond donors (Lipinski definition) is 1. The van der Waals surface area contributed by atoms with Gasteiger partial charge in [0.25, 0.3) is 0 Å². The highest BCUT2D eigenvalue weighted by Crippen LogP contribution is 2.22. The van der Waals surface area contributed by atoms with Crippen LogP contribution in [-0.4, -0.2) is 36.6 Å². The summed E-state index contributed by atoms with van der Waals surface area (Å²) >= 11 is 0. The minimum absolute atomic E-state index is 0.822. The molecule has 82 valence electrons. The Balaban J connectivity index is 1.63. The van der Waals surface area contributed by atoms with Gasteiger partial charge in [-0.05, 0) is 44.7 Å². The minimum atomic E-state index is 0.822. The van der Waals surface area contributed by atoms with Crippen molar-refractivity contribution in [1.29, 1.82) is 0 Å². The number of nitrogens with one attached hydrogen (secondary N) is 1. The Bertz CT molecular complexity index is 155. The maximum absolute atomic E-state index is 3.74. The van der Waals surface area contributed by atoms with Gasteiger partial charge in [0.1, 0.15) is 0 Å². The molecule has 1 saturated heterocycles. The highest BCUT2D eigenvalue weighted by atomic mass is 15.1. The van der Waals surface area contributed by atoms with Crippen molar-refractivity contribution in [2.75, 3.05) is 19.6 Å². The molecule has 0 aromatic carbocycles. The van der Waals surface area contributed by atoms with Gasteiger partial charge in [0.05, 0.1) is 0 Å². The van der Waals surface area contributed by atoms with Crippen molar-refractivity contribution >= 4 is 0 Å². The first-order chi connectivity index (χ1) is 6.74. The van der Waals surface area contributed by atoms with Crippen molar-refractivity contribution in [2.24, 2.45) is 5.92 Å². The van der Waals surface area contributed by atoms with Crippen molar-refractivity contribution < 1.29 is 0 Å². The monoisotopic (exact) mass is 196 g/mol. The van der Waals surface area contributed by atoms with E-state index in [4.69, 9.17) is 0 Å². The molecule has 1 N–H and O–H groups in total. The molecule has 0 bridgehead atoms. The Morgan fingerprint density at radius 1 is 1.07 bits per heavy atom. The van der Waals surface area contributed by atoms with E-state index in [2.05, 4.69) is 24.1 Å². The Hall–Kier alpha value is -0.0800. The summed E-state index contributed by atoms with van der Waals surface area (Å²) in [4.78, 5) is 2.62. The van der Waals surface area contributed by atoms with Crippen molar-refractivity contribution in [1.82, 2.24) is 10.2 Å². The summed E-state index contributed by atoms with van der Waals surface area (Å²) in [5.74, 6) is 0.822. The summed E-state index contributed by atoms with van der Waals surface area (Å²) in [6.07, 6.45) is 5.57. The third-order valence-electron chi connectivity index (χ3n) is 3.26. The van der Waals surface area contributed by atoms with Crippen LogP contribution in [0.5, 0.6) is 0 Å². The second-order valence-corrected chi connectivity index (χ2v) is 5.41. The molecule has 2 rings (SSSR count). The maximum Gasteiger partial charge on any atom is 0.00940 e. The van der Waals surface area contributed by atoms with Crippen LogP contribution in [0.3, 0.4) is 0 Å². The third-order valence-corrected chi connectivity index (χ3v) is 3.26. The minimum Gasteiger partial charge on any atom is -0.311 e. The largest absolute Gasteiger partial charge is 0.311 e. The van der Waals surface area contributed by atoms with Gasteiger partial charge in [-0.3, -0.25) is 0 Å². The van der Waals surface area contributed by atoms with Gasteiger partial charge in [0.15, 0.2) is 0 Å². The maximum atomic E-state index is 3.74. The average molecular weight is 196 g/mol. The summed E-state index contributed by atoms with van der Waals surface area (Å²) in [5, 5.41) is 3.74. The molecular formula is C12H24N2. The van der Waals surface area contributed by atoms with Crippen molar-refractivity contribution in [3.63, 3.8) is 0 Å². The SMILES string of the molecule is CC(C)CN1CCC(NC2CC2)CC1. The lowest BCUT2D eigenvalue weighted by Crippen LogP contribution is -2.44. The van der Waals surface area contributed by atoms with E-state index in [0.717, 1.165) is 18.0 Å². The van der Waals surface area contributed by atoms with Crippen molar-refractivity contribution in [3.8, 4) is 0 Å². The summed E-state index contributed by atoms with van der Waals surface area (Å²) < 4.78 is 0. The zero-order chi connectivity index (χ0) is 9.97. The molecule has 2 aliphatic rings. The molecule has 2 heteroatoms. The predicted molar refractivity (Wildman–Crippen MR) is 60.5 cm³/mol. The molecule has 2 fully saturated rings. The summed E-state index contributed by atoms with van der Waals surface area (Å²) in [7, 11) is 0. The van der Waals surface area contributed by atoms with E-state index in [1.54, 1.807) is 0 Å². The van der Waals surface area contributed by atoms with Gasteiger partial charge >= 0.3 is 0 Å². The fourth-order valence-electron chi connectivity index (χ4n) is 2.38. The first-order valence-electron chi connectivity index (χ1n) is 6.22. The fourth-order valence-corrected chi connectivity index (χ4v) is 2.38. The van der Waals surface area contributed by atoms with Crippen molar-refractivity contribution in [3.05, 3.63) is 0 Å². The molecule has 2 nitrogen and oxygen atoms in total. The summed E-state index contributed by atoms with van der Waals surface area (Å²) in [6.45, 7) is 8.53. The van der Waals surface area contributed by atoms with Gasteiger partial charge in [-0.2, -0.15) is 0 Å².